The molecule has 2 saturated heterocycles. The van der Waals surface area contributed by atoms with Crippen LogP contribution in [0.15, 0.2) is 29.2 Å². The van der Waals surface area contributed by atoms with Crippen molar-refractivity contribution in [3.05, 3.63) is 29.3 Å². The van der Waals surface area contributed by atoms with E-state index in [0.29, 0.717) is 17.1 Å². The molecular weight excluding hydrogens is 336 g/mol. The monoisotopic (exact) mass is 356 g/mol. The first-order chi connectivity index (χ1) is 10.8. The van der Waals surface area contributed by atoms with E-state index < -0.39 is 15.6 Å². The molecule has 1 N–H and O–H groups in total. The van der Waals surface area contributed by atoms with Crippen LogP contribution in [-0.2, 0) is 14.6 Å². The van der Waals surface area contributed by atoms with Gasteiger partial charge in [-0.25, -0.2) is 8.42 Å². The van der Waals surface area contributed by atoms with Crippen molar-refractivity contribution in [1.29, 1.82) is 0 Å². The highest BCUT2D eigenvalue weighted by atomic mass is 35.5. The predicted octanol–water partition coefficient (Wildman–Crippen LogP) is 1.86. The number of carbonyl (C=O) groups excluding carboxylic acids is 1. The maximum Gasteiger partial charge on any atom is 0.238 e. The standard InChI is InChI=1S/C16H21ClN2O3S/c1-19(14-8-12-4-5-13(9-14)18-12)16(20)10-23(21,22)15-6-2-11(17)3-7-15/h2-3,6-7,12-14,18H,4-5,8-10H2,1H3. The summed E-state index contributed by atoms with van der Waals surface area (Å²) >= 11 is 5.78. The van der Waals surface area contributed by atoms with Gasteiger partial charge >= 0.3 is 0 Å². The number of nitrogens with zero attached hydrogens (tertiary/aromatic N) is 1. The van der Waals surface area contributed by atoms with Gasteiger partial charge in [0, 0.05) is 30.2 Å². The number of hydrogen-bond donors (Lipinski definition) is 1. The molecule has 0 spiro atoms. The van der Waals surface area contributed by atoms with E-state index in [-0.39, 0.29) is 16.8 Å². The summed E-state index contributed by atoms with van der Waals surface area (Å²) in [6, 6.07) is 6.97. The Morgan fingerprint density at radius 2 is 1.78 bits per heavy atom. The molecule has 0 radical (unpaired) electrons. The highest BCUT2D eigenvalue weighted by molar-refractivity contribution is 7.92. The summed E-state index contributed by atoms with van der Waals surface area (Å²) in [5.74, 6) is -0.837. The van der Waals surface area contributed by atoms with Gasteiger partial charge in [0.15, 0.2) is 9.84 Å². The summed E-state index contributed by atoms with van der Waals surface area (Å²) in [4.78, 5) is 14.2. The molecule has 2 aliphatic heterocycles. The van der Waals surface area contributed by atoms with E-state index in [1.807, 2.05) is 0 Å². The Labute approximate surface area is 141 Å². The predicted molar refractivity (Wildman–Crippen MR) is 89.2 cm³/mol. The molecule has 126 valence electrons. The van der Waals surface area contributed by atoms with Crippen molar-refractivity contribution in [2.24, 2.45) is 0 Å². The first-order valence-electron chi connectivity index (χ1n) is 7.85. The molecule has 2 unspecified atom stereocenters. The third-order valence-electron chi connectivity index (χ3n) is 4.88. The Morgan fingerprint density at radius 1 is 1.22 bits per heavy atom. The van der Waals surface area contributed by atoms with Gasteiger partial charge in [-0.15, -0.1) is 0 Å². The highest BCUT2D eigenvalue weighted by Crippen LogP contribution is 2.29. The summed E-state index contributed by atoms with van der Waals surface area (Å²) in [6.45, 7) is 0. The molecule has 0 aromatic heterocycles. The van der Waals surface area contributed by atoms with E-state index in [4.69, 9.17) is 11.6 Å². The maximum absolute atomic E-state index is 12.4. The lowest BCUT2D eigenvalue weighted by Crippen LogP contribution is -2.49. The number of halogens is 1. The average Bonchev–Trinajstić information content (AvgIpc) is 2.84. The number of nitrogens with one attached hydrogen (secondary N) is 1. The number of benzene rings is 1. The normalized spacial score (nSPS) is 27.0. The van der Waals surface area contributed by atoms with Gasteiger partial charge in [0.25, 0.3) is 0 Å². The van der Waals surface area contributed by atoms with Crippen LogP contribution in [0.5, 0.6) is 0 Å². The molecule has 7 heteroatoms. The molecular formula is C16H21ClN2O3S. The zero-order valence-corrected chi connectivity index (χ0v) is 14.6. The first kappa shape index (κ1) is 16.7. The molecule has 1 aromatic rings. The summed E-state index contributed by atoms with van der Waals surface area (Å²) in [5, 5.41) is 3.99. The van der Waals surface area contributed by atoms with Crippen LogP contribution in [0.2, 0.25) is 5.02 Å². The van der Waals surface area contributed by atoms with Gasteiger partial charge in [-0.3, -0.25) is 4.79 Å². The molecule has 1 aromatic carbocycles. The van der Waals surface area contributed by atoms with Crippen molar-refractivity contribution in [1.82, 2.24) is 10.2 Å². The second-order valence-corrected chi connectivity index (χ2v) is 8.91. The molecule has 5 nitrogen and oxygen atoms in total. The van der Waals surface area contributed by atoms with E-state index in [1.165, 1.54) is 24.3 Å². The number of fused-ring (bicyclic) bond motifs is 2. The van der Waals surface area contributed by atoms with Gasteiger partial charge < -0.3 is 10.2 Å². The number of rotatable bonds is 4. The van der Waals surface area contributed by atoms with Crippen LogP contribution >= 0.6 is 11.6 Å². The van der Waals surface area contributed by atoms with E-state index in [0.717, 1.165) is 25.7 Å². The molecule has 2 fully saturated rings. The lowest BCUT2D eigenvalue weighted by Gasteiger charge is -2.35. The molecule has 2 aliphatic rings. The van der Waals surface area contributed by atoms with Crippen molar-refractivity contribution in [3.8, 4) is 0 Å². The minimum absolute atomic E-state index is 0.127. The summed E-state index contributed by atoms with van der Waals surface area (Å²) in [6.07, 6.45) is 4.10. The van der Waals surface area contributed by atoms with Crippen LogP contribution in [0.4, 0.5) is 0 Å². The summed E-state index contributed by atoms with van der Waals surface area (Å²) in [5.41, 5.74) is 0. The number of sulfone groups is 1. The van der Waals surface area contributed by atoms with Crippen LogP contribution < -0.4 is 5.32 Å². The third-order valence-corrected chi connectivity index (χ3v) is 6.74. The Hall–Kier alpha value is -1.11. The topological polar surface area (TPSA) is 66.5 Å². The van der Waals surface area contributed by atoms with Crippen LogP contribution in [0.1, 0.15) is 25.7 Å². The highest BCUT2D eigenvalue weighted by Gasteiger charge is 2.37. The lowest BCUT2D eigenvalue weighted by atomic mass is 9.98. The quantitative estimate of drug-likeness (QED) is 0.894. The van der Waals surface area contributed by atoms with Crippen LogP contribution in [0, 0.1) is 0 Å². The fourth-order valence-corrected chi connectivity index (χ4v) is 4.91. The first-order valence-corrected chi connectivity index (χ1v) is 9.88. The largest absolute Gasteiger partial charge is 0.342 e. The number of carbonyl (C=O) groups is 1. The fraction of sp³-hybridized carbons (Fsp3) is 0.562. The zero-order chi connectivity index (χ0) is 16.6. The van der Waals surface area contributed by atoms with E-state index in [9.17, 15) is 13.2 Å². The minimum Gasteiger partial charge on any atom is -0.342 e. The lowest BCUT2D eigenvalue weighted by molar-refractivity contribution is -0.129. The summed E-state index contributed by atoms with van der Waals surface area (Å²) < 4.78 is 24.8. The molecule has 2 heterocycles. The van der Waals surface area contributed by atoms with Gasteiger partial charge in [0.1, 0.15) is 5.75 Å². The van der Waals surface area contributed by atoms with Crippen molar-refractivity contribution >= 4 is 27.3 Å². The van der Waals surface area contributed by atoms with Crippen LogP contribution in [-0.4, -0.2) is 50.2 Å². The SMILES string of the molecule is CN(C(=O)CS(=O)(=O)c1ccc(Cl)cc1)C1CC2CCC(C1)N2. The van der Waals surface area contributed by atoms with Crippen LogP contribution in [0.3, 0.4) is 0 Å². The second kappa shape index (κ2) is 6.42. The fourth-order valence-electron chi connectivity index (χ4n) is 3.54. The third kappa shape index (κ3) is 3.70. The van der Waals surface area contributed by atoms with Gasteiger partial charge in [0.05, 0.1) is 4.90 Å². The molecule has 0 aliphatic carbocycles. The number of hydrogen-bond acceptors (Lipinski definition) is 4. The van der Waals surface area contributed by atoms with Crippen molar-refractivity contribution < 1.29 is 13.2 Å². The molecule has 2 bridgehead atoms. The Balaban J connectivity index is 1.67. The molecule has 23 heavy (non-hydrogen) atoms. The molecule has 1 amide bonds. The van der Waals surface area contributed by atoms with Gasteiger partial charge in [-0.05, 0) is 49.9 Å². The van der Waals surface area contributed by atoms with Crippen molar-refractivity contribution in [2.45, 2.75) is 48.7 Å². The van der Waals surface area contributed by atoms with Gasteiger partial charge in [-0.1, -0.05) is 11.6 Å². The van der Waals surface area contributed by atoms with Gasteiger partial charge in [-0.2, -0.15) is 0 Å². The van der Waals surface area contributed by atoms with Crippen molar-refractivity contribution in [2.75, 3.05) is 12.8 Å². The number of amides is 1. The summed E-state index contributed by atoms with van der Waals surface area (Å²) in [7, 11) is -1.92. The second-order valence-electron chi connectivity index (χ2n) is 6.48. The zero-order valence-electron chi connectivity index (χ0n) is 13.0. The Morgan fingerprint density at radius 3 is 2.35 bits per heavy atom. The maximum atomic E-state index is 12.4. The van der Waals surface area contributed by atoms with Gasteiger partial charge in [0.2, 0.25) is 5.91 Å². The van der Waals surface area contributed by atoms with E-state index in [1.54, 1.807) is 11.9 Å². The average molecular weight is 357 g/mol. The van der Waals surface area contributed by atoms with Crippen molar-refractivity contribution in [3.63, 3.8) is 0 Å². The Bertz CT molecular complexity index is 678. The van der Waals surface area contributed by atoms with E-state index >= 15 is 0 Å². The van der Waals surface area contributed by atoms with E-state index in [2.05, 4.69) is 5.32 Å². The molecule has 0 saturated carbocycles. The van der Waals surface area contributed by atoms with Crippen LogP contribution in [0.25, 0.3) is 0 Å². The number of piperidine rings is 1. The Kier molecular flexibility index (Phi) is 4.67. The molecule has 3 rings (SSSR count). The molecule has 2 atom stereocenters. The minimum atomic E-state index is -3.64. The smallest absolute Gasteiger partial charge is 0.238 e.